The Morgan fingerprint density at radius 3 is 2.42 bits per heavy atom. The summed E-state index contributed by atoms with van der Waals surface area (Å²) in [7, 11) is 0. The summed E-state index contributed by atoms with van der Waals surface area (Å²) in [4.78, 5) is 19.9. The number of benzene rings is 1. The van der Waals surface area contributed by atoms with E-state index in [1.165, 1.54) is 5.56 Å². The van der Waals surface area contributed by atoms with Crippen LogP contribution in [0.3, 0.4) is 0 Å². The molecule has 1 atom stereocenters. The van der Waals surface area contributed by atoms with E-state index in [0.29, 0.717) is 18.0 Å². The maximum atomic E-state index is 13.4. The summed E-state index contributed by atoms with van der Waals surface area (Å²) in [5, 5.41) is 10.8. The van der Waals surface area contributed by atoms with E-state index < -0.39 is 0 Å². The van der Waals surface area contributed by atoms with Crippen molar-refractivity contribution in [3.8, 4) is 5.75 Å². The Morgan fingerprint density at radius 2 is 1.77 bits per heavy atom. The van der Waals surface area contributed by atoms with Gasteiger partial charge in [-0.15, -0.1) is 0 Å². The van der Waals surface area contributed by atoms with E-state index in [1.807, 2.05) is 26.0 Å². The smallest absolute Gasteiger partial charge is 0.259 e. The number of aryl methyl sites for hydroxylation is 1. The average Bonchev–Trinajstić information content (AvgIpc) is 2.79. The topological polar surface area (TPSA) is 58.4 Å². The lowest BCUT2D eigenvalue weighted by molar-refractivity contribution is 0.148. The van der Waals surface area contributed by atoms with Crippen LogP contribution >= 0.6 is 0 Å². The fraction of sp³-hybridized carbons (Fsp3) is 0.385. The average molecular weight is 418 g/mol. The number of nitrogens with zero attached hydrogens (tertiary/aromatic N) is 3. The number of likely N-dealkylation sites (tertiary alicyclic amines) is 1. The van der Waals surface area contributed by atoms with Crippen molar-refractivity contribution in [3.63, 3.8) is 0 Å². The predicted octanol–water partition coefficient (Wildman–Crippen LogP) is 4.32. The Kier molecular flexibility index (Phi) is 6.52. The molecule has 1 aliphatic heterocycles. The van der Waals surface area contributed by atoms with Gasteiger partial charge in [0.15, 0.2) is 0 Å². The van der Waals surface area contributed by atoms with E-state index >= 15 is 0 Å². The molecule has 0 spiro atoms. The standard InChI is InChI=1S/C26H31N3O2/c1-3-29-19(2)17-23(30)24(26(29)31)25(22-9-13-27-14-10-22)28-15-11-21(12-16-28)18-20-7-5-4-6-8-20/h4-10,13-14,17,21,25,30H,3,11-12,15-16,18H2,1-2H3/t25-/m0/s1. The number of pyridine rings is 2. The molecule has 0 saturated carbocycles. The van der Waals surface area contributed by atoms with Crippen LogP contribution in [-0.2, 0) is 13.0 Å². The molecular formula is C26H31N3O2. The zero-order valence-corrected chi connectivity index (χ0v) is 18.4. The lowest BCUT2D eigenvalue weighted by Gasteiger charge is -2.38. The summed E-state index contributed by atoms with van der Waals surface area (Å²) in [6, 6.07) is 16.0. The number of aromatic nitrogens is 2. The van der Waals surface area contributed by atoms with Gasteiger partial charge in [-0.05, 0) is 81.4 Å². The lowest BCUT2D eigenvalue weighted by Crippen LogP contribution is -2.40. The monoisotopic (exact) mass is 417 g/mol. The van der Waals surface area contributed by atoms with Gasteiger partial charge in [-0.3, -0.25) is 14.7 Å². The van der Waals surface area contributed by atoms with Gasteiger partial charge in [0, 0.05) is 24.6 Å². The maximum absolute atomic E-state index is 13.4. The lowest BCUT2D eigenvalue weighted by atomic mass is 9.88. The summed E-state index contributed by atoms with van der Waals surface area (Å²) < 4.78 is 1.74. The molecule has 0 unspecified atom stereocenters. The fourth-order valence-electron chi connectivity index (χ4n) is 4.89. The molecule has 0 aliphatic carbocycles. The first kappa shape index (κ1) is 21.3. The Bertz CT molecular complexity index is 1060. The van der Waals surface area contributed by atoms with Crippen molar-refractivity contribution in [3.05, 3.63) is 93.7 Å². The Balaban J connectivity index is 1.63. The normalized spacial score (nSPS) is 16.3. The molecule has 3 aromatic rings. The van der Waals surface area contributed by atoms with Gasteiger partial charge >= 0.3 is 0 Å². The van der Waals surface area contributed by atoms with Crippen LogP contribution in [0.1, 0.15) is 48.2 Å². The third-order valence-corrected chi connectivity index (χ3v) is 6.52. The molecule has 5 nitrogen and oxygen atoms in total. The van der Waals surface area contributed by atoms with Gasteiger partial charge in [0.05, 0.1) is 11.6 Å². The van der Waals surface area contributed by atoms with Gasteiger partial charge in [0.1, 0.15) is 5.75 Å². The summed E-state index contributed by atoms with van der Waals surface area (Å²) in [5.74, 6) is 0.719. The molecule has 1 fully saturated rings. The second kappa shape index (κ2) is 9.48. The van der Waals surface area contributed by atoms with Crippen molar-refractivity contribution >= 4 is 0 Å². The minimum Gasteiger partial charge on any atom is -0.507 e. The highest BCUT2D eigenvalue weighted by atomic mass is 16.3. The van der Waals surface area contributed by atoms with Crippen molar-refractivity contribution < 1.29 is 5.11 Å². The molecule has 2 aromatic heterocycles. The number of hydrogen-bond donors (Lipinski definition) is 1. The first-order valence-electron chi connectivity index (χ1n) is 11.2. The highest BCUT2D eigenvalue weighted by Gasteiger charge is 2.31. The van der Waals surface area contributed by atoms with Crippen molar-refractivity contribution in [1.82, 2.24) is 14.5 Å². The second-order valence-corrected chi connectivity index (χ2v) is 8.49. The first-order chi connectivity index (χ1) is 15.1. The van der Waals surface area contributed by atoms with E-state index in [2.05, 4.69) is 40.2 Å². The van der Waals surface area contributed by atoms with Gasteiger partial charge in [-0.1, -0.05) is 30.3 Å². The van der Waals surface area contributed by atoms with Gasteiger partial charge in [-0.2, -0.15) is 0 Å². The molecule has 1 aliphatic rings. The van der Waals surface area contributed by atoms with Gasteiger partial charge in [0.25, 0.3) is 5.56 Å². The van der Waals surface area contributed by atoms with E-state index in [1.54, 1.807) is 23.0 Å². The molecule has 5 heteroatoms. The third-order valence-electron chi connectivity index (χ3n) is 6.52. The van der Waals surface area contributed by atoms with Gasteiger partial charge in [0.2, 0.25) is 0 Å². The Hall–Kier alpha value is -2.92. The van der Waals surface area contributed by atoms with Crippen LogP contribution in [0, 0.1) is 12.8 Å². The van der Waals surface area contributed by atoms with Gasteiger partial charge < -0.3 is 9.67 Å². The minimum atomic E-state index is -0.272. The third kappa shape index (κ3) is 4.57. The van der Waals surface area contributed by atoms with Crippen LogP contribution in [0.2, 0.25) is 0 Å². The zero-order valence-electron chi connectivity index (χ0n) is 18.4. The van der Waals surface area contributed by atoms with E-state index in [0.717, 1.165) is 43.6 Å². The van der Waals surface area contributed by atoms with Crippen LogP contribution in [-0.4, -0.2) is 32.6 Å². The first-order valence-corrected chi connectivity index (χ1v) is 11.2. The van der Waals surface area contributed by atoms with Crippen molar-refractivity contribution in [2.24, 2.45) is 5.92 Å². The summed E-state index contributed by atoms with van der Waals surface area (Å²) >= 11 is 0. The number of rotatable bonds is 6. The van der Waals surface area contributed by atoms with E-state index in [4.69, 9.17) is 0 Å². The Morgan fingerprint density at radius 1 is 1.10 bits per heavy atom. The second-order valence-electron chi connectivity index (χ2n) is 8.49. The molecule has 31 heavy (non-hydrogen) atoms. The zero-order chi connectivity index (χ0) is 21.8. The molecule has 1 N–H and O–H groups in total. The Labute approximate surface area is 184 Å². The molecular weight excluding hydrogens is 386 g/mol. The molecule has 1 aromatic carbocycles. The van der Waals surface area contributed by atoms with Crippen LogP contribution < -0.4 is 5.56 Å². The molecule has 0 amide bonds. The predicted molar refractivity (Wildman–Crippen MR) is 123 cm³/mol. The molecule has 0 bridgehead atoms. The maximum Gasteiger partial charge on any atom is 0.259 e. The van der Waals surface area contributed by atoms with Crippen molar-refractivity contribution in [2.45, 2.75) is 45.7 Å². The van der Waals surface area contributed by atoms with Crippen LogP contribution in [0.15, 0.2) is 65.7 Å². The van der Waals surface area contributed by atoms with Crippen molar-refractivity contribution in [1.29, 1.82) is 0 Å². The fourth-order valence-corrected chi connectivity index (χ4v) is 4.89. The van der Waals surface area contributed by atoms with Crippen LogP contribution in [0.5, 0.6) is 5.75 Å². The molecule has 4 rings (SSSR count). The van der Waals surface area contributed by atoms with Crippen LogP contribution in [0.25, 0.3) is 0 Å². The molecule has 3 heterocycles. The minimum absolute atomic E-state index is 0.0837. The highest BCUT2D eigenvalue weighted by molar-refractivity contribution is 5.40. The summed E-state index contributed by atoms with van der Waals surface area (Å²) in [6.45, 7) is 6.20. The molecule has 0 radical (unpaired) electrons. The van der Waals surface area contributed by atoms with E-state index in [9.17, 15) is 9.90 Å². The summed E-state index contributed by atoms with van der Waals surface area (Å²) in [5.41, 5.74) is 3.53. The van der Waals surface area contributed by atoms with Crippen LogP contribution in [0.4, 0.5) is 0 Å². The van der Waals surface area contributed by atoms with Crippen molar-refractivity contribution in [2.75, 3.05) is 13.1 Å². The number of hydrogen-bond acceptors (Lipinski definition) is 4. The highest BCUT2D eigenvalue weighted by Crippen LogP contribution is 2.35. The molecule has 1 saturated heterocycles. The number of aromatic hydroxyl groups is 1. The quantitative estimate of drug-likeness (QED) is 0.649. The SMILES string of the molecule is CCn1c(C)cc(O)c([C@H](c2ccncc2)N2CCC(Cc3ccccc3)CC2)c1=O. The van der Waals surface area contributed by atoms with Gasteiger partial charge in [-0.25, -0.2) is 0 Å². The van der Waals surface area contributed by atoms with E-state index in [-0.39, 0.29) is 17.4 Å². The molecule has 162 valence electrons. The number of piperidine rings is 1. The summed E-state index contributed by atoms with van der Waals surface area (Å²) in [6.07, 6.45) is 6.76. The largest absolute Gasteiger partial charge is 0.507 e.